The predicted molar refractivity (Wildman–Crippen MR) is 163 cm³/mol. The molecule has 2 aliphatic heterocycles. The van der Waals surface area contributed by atoms with Crippen molar-refractivity contribution in [1.82, 2.24) is 9.55 Å². The molecule has 0 saturated carbocycles. The molecule has 45 heavy (non-hydrogen) atoms. The first-order chi connectivity index (χ1) is 20.6. The van der Waals surface area contributed by atoms with Crippen LogP contribution in [0.2, 0.25) is 0 Å². The van der Waals surface area contributed by atoms with Crippen LogP contribution in [0.3, 0.4) is 0 Å². The van der Waals surface area contributed by atoms with Crippen molar-refractivity contribution in [2.24, 2.45) is 0 Å². The average molecular weight is 684 g/mol. The fourth-order valence-corrected chi connectivity index (χ4v) is 6.98. The second kappa shape index (κ2) is 14.1. The summed E-state index contributed by atoms with van der Waals surface area (Å²) in [6.45, 7) is 14.4. The van der Waals surface area contributed by atoms with Gasteiger partial charge >= 0.3 is 213 Å². The number of ether oxygens (including phenoxy) is 4. The first-order valence-corrected chi connectivity index (χ1v) is 16.9. The zero-order valence-electron chi connectivity index (χ0n) is 26.9. The van der Waals surface area contributed by atoms with Crippen molar-refractivity contribution >= 4 is 44.1 Å². The van der Waals surface area contributed by atoms with Crippen LogP contribution in [-0.2, 0) is 32.5 Å². The number of carbonyl (C=O) groups is 3. The van der Waals surface area contributed by atoms with E-state index < -0.39 is 77.7 Å². The predicted octanol–water partition coefficient (Wildman–Crippen LogP) is 5.05. The maximum absolute atomic E-state index is 16.0. The molecule has 256 valence electrons. The second-order valence-corrected chi connectivity index (χ2v) is 16.5. The van der Waals surface area contributed by atoms with Gasteiger partial charge in [0.05, 0.1) is 0 Å². The van der Waals surface area contributed by atoms with E-state index in [-0.39, 0.29) is 19.8 Å². The molecule has 0 bridgehead atoms. The van der Waals surface area contributed by atoms with Gasteiger partial charge in [-0.1, -0.05) is 0 Å². The number of amides is 2. The van der Waals surface area contributed by atoms with Gasteiger partial charge in [-0.2, -0.15) is 0 Å². The molecule has 0 unspecified atom stereocenters. The first-order valence-electron chi connectivity index (χ1n) is 14.3. The fourth-order valence-electron chi connectivity index (χ4n) is 3.95. The molecular weight excluding hydrogens is 640 g/mol. The van der Waals surface area contributed by atoms with Crippen molar-refractivity contribution < 1.29 is 56.2 Å². The van der Waals surface area contributed by atoms with Crippen LogP contribution < -0.4 is 10.6 Å². The summed E-state index contributed by atoms with van der Waals surface area (Å²) in [6, 6.07) is 1.15. The molecule has 15 nitrogen and oxygen atoms in total. The van der Waals surface area contributed by atoms with Crippen LogP contribution in [0, 0.1) is 0 Å². The molecule has 2 amide bonds. The standard InChI is InChI=1S/C27H43FN3O12PS/c1-25(2,3)41-22(33)31(23(34)42-26(4,5)6)17-11-12-30(21(32)29-17)20-18(28)19(40-24(35)43-27(7,8)9)16(45-20)15-39-44(36)37-13-10-14-38-44/h11-12,16,18-20,36,44H,10,13-15H2,1-9H3/t16-,18+,19-,20-/m1/s1. The number of halogens is 1. The van der Waals surface area contributed by atoms with E-state index in [1.165, 1.54) is 0 Å². The number of anilines is 1. The Kier molecular flexibility index (Phi) is 11.5. The Morgan fingerprint density at radius 3 is 2.04 bits per heavy atom. The molecule has 18 heteroatoms. The molecule has 3 heterocycles. The number of rotatable bonds is 6. The van der Waals surface area contributed by atoms with Gasteiger partial charge < -0.3 is 0 Å². The number of carbonyl (C=O) groups excluding carboxylic acids is 3. The van der Waals surface area contributed by atoms with Gasteiger partial charge in [0.15, 0.2) is 0 Å². The Morgan fingerprint density at radius 1 is 1.02 bits per heavy atom. The van der Waals surface area contributed by atoms with E-state index in [0.717, 1.165) is 28.6 Å². The summed E-state index contributed by atoms with van der Waals surface area (Å²) in [6.07, 6.45) is -5.20. The number of thioether (sulfide) groups is 1. The molecule has 0 aromatic carbocycles. The fraction of sp³-hybridized carbons (Fsp3) is 0.741. The van der Waals surface area contributed by atoms with Crippen molar-refractivity contribution in [3.8, 4) is 0 Å². The third kappa shape index (κ3) is 10.7. The van der Waals surface area contributed by atoms with E-state index in [1.54, 1.807) is 62.3 Å². The number of hydrogen-bond acceptors (Lipinski definition) is 14. The number of hydrogen-bond donors (Lipinski definition) is 1. The van der Waals surface area contributed by atoms with Gasteiger partial charge in [0, 0.05) is 0 Å². The normalized spacial score (nSPS) is 24.3. The number of alkyl halides is 1. The summed E-state index contributed by atoms with van der Waals surface area (Å²) < 4.78 is 54.2. The summed E-state index contributed by atoms with van der Waals surface area (Å²) in [5.74, 6) is -0.417. The Labute approximate surface area is 265 Å². The first kappa shape index (κ1) is 36.9. The summed E-state index contributed by atoms with van der Waals surface area (Å²) in [5, 5.41) is -2.25. The molecule has 3 rings (SSSR count). The molecular formula is C27H43FN3O12PS. The van der Waals surface area contributed by atoms with Crippen LogP contribution in [0.15, 0.2) is 17.1 Å². The zero-order chi connectivity index (χ0) is 34.0. The topological polar surface area (TPSA) is 174 Å². The van der Waals surface area contributed by atoms with Gasteiger partial charge in [0.1, 0.15) is 11.2 Å². The van der Waals surface area contributed by atoms with E-state index in [2.05, 4.69) is 4.98 Å². The zero-order valence-corrected chi connectivity index (χ0v) is 28.7. The van der Waals surface area contributed by atoms with Gasteiger partial charge in [-0.25, -0.2) is 0 Å². The molecule has 1 aromatic rings. The van der Waals surface area contributed by atoms with E-state index in [9.17, 15) is 24.1 Å². The Bertz CT molecular complexity index is 1260. The van der Waals surface area contributed by atoms with E-state index in [0.29, 0.717) is 11.3 Å². The van der Waals surface area contributed by atoms with Gasteiger partial charge in [0.2, 0.25) is 0 Å². The minimum atomic E-state index is -4.00. The third-order valence-corrected chi connectivity index (χ3v) is 8.84. The molecule has 0 aliphatic carbocycles. The summed E-state index contributed by atoms with van der Waals surface area (Å²) in [4.78, 5) is 66.6. The van der Waals surface area contributed by atoms with Gasteiger partial charge in [-0.15, -0.1) is 0 Å². The van der Waals surface area contributed by atoms with Crippen LogP contribution in [0.25, 0.3) is 0 Å². The SMILES string of the molecule is CC(C)(C)OC(=O)O[C@H]1[C@H](F)[C@H](n2ccc(N(C(=O)OC(C)(C)C)C(=O)OC(C)(C)C)nc2=O)S[C@@H]1CO[PH]1(O)OCCCO1. The van der Waals surface area contributed by atoms with Crippen molar-refractivity contribution in [3.05, 3.63) is 22.7 Å². The van der Waals surface area contributed by atoms with Crippen LogP contribution in [0.4, 0.5) is 24.6 Å². The molecule has 1 aromatic heterocycles. The Hall–Kier alpha value is -2.56. The van der Waals surface area contributed by atoms with Crippen LogP contribution in [0.5, 0.6) is 0 Å². The van der Waals surface area contributed by atoms with Gasteiger partial charge in [-0.05, 0) is 41.5 Å². The summed E-state index contributed by atoms with van der Waals surface area (Å²) >= 11 is 0.877. The van der Waals surface area contributed by atoms with Crippen LogP contribution >= 0.6 is 19.9 Å². The van der Waals surface area contributed by atoms with Crippen molar-refractivity contribution in [3.63, 3.8) is 0 Å². The Morgan fingerprint density at radius 2 is 1.56 bits per heavy atom. The summed E-state index contributed by atoms with van der Waals surface area (Å²) in [5.41, 5.74) is -3.97. The Balaban J connectivity index is 1.91. The molecule has 4 atom stereocenters. The number of imide groups is 1. The second-order valence-electron chi connectivity index (χ2n) is 13.2. The van der Waals surface area contributed by atoms with E-state index in [4.69, 9.17) is 32.5 Å². The van der Waals surface area contributed by atoms with Crippen molar-refractivity contribution in [2.75, 3.05) is 24.7 Å². The van der Waals surface area contributed by atoms with Crippen LogP contribution in [0.1, 0.15) is 74.1 Å². The molecule has 2 aliphatic rings. The minimum absolute atomic E-state index is 0.212. The van der Waals surface area contributed by atoms with Crippen LogP contribution in [-0.4, -0.2) is 86.9 Å². The number of aromatic nitrogens is 2. The van der Waals surface area contributed by atoms with Gasteiger partial charge in [-0.3, -0.25) is 0 Å². The third-order valence-electron chi connectivity index (χ3n) is 5.65. The average Bonchev–Trinajstić information content (AvgIpc) is 3.15. The van der Waals surface area contributed by atoms with Gasteiger partial charge in [0.25, 0.3) is 0 Å². The van der Waals surface area contributed by atoms with Crippen molar-refractivity contribution in [1.29, 1.82) is 0 Å². The molecule has 0 radical (unpaired) electrons. The molecule has 1 N–H and O–H groups in total. The molecule has 2 fully saturated rings. The molecule has 2 saturated heterocycles. The maximum atomic E-state index is 16.0. The van der Waals surface area contributed by atoms with E-state index >= 15 is 4.39 Å². The number of nitrogens with zero attached hydrogens (tertiary/aromatic N) is 3. The quantitative estimate of drug-likeness (QED) is 0.240. The monoisotopic (exact) mass is 683 g/mol. The molecule has 0 spiro atoms. The summed E-state index contributed by atoms with van der Waals surface area (Å²) in [7, 11) is -4.00. The van der Waals surface area contributed by atoms with E-state index in [1.807, 2.05) is 0 Å². The van der Waals surface area contributed by atoms with Crippen molar-refractivity contribution in [2.45, 2.75) is 108 Å².